The average Bonchev–Trinajstić information content (AvgIpc) is 3.37. The van der Waals surface area contributed by atoms with Crippen molar-refractivity contribution >= 4 is 49.9 Å². The van der Waals surface area contributed by atoms with Crippen molar-refractivity contribution in [3.05, 3.63) is 44.7 Å². The van der Waals surface area contributed by atoms with Gasteiger partial charge < -0.3 is 9.88 Å². The third kappa shape index (κ3) is 5.24. The minimum atomic E-state index is -0.136. The van der Waals surface area contributed by atoms with Crippen LogP contribution in [0, 0.1) is 22.7 Å². The molecule has 1 aliphatic rings. The third-order valence-corrected chi connectivity index (χ3v) is 8.99. The molecular formula is C25H28BrN5OS2. The van der Waals surface area contributed by atoms with Crippen molar-refractivity contribution in [1.29, 1.82) is 5.26 Å². The lowest BCUT2D eigenvalue weighted by Gasteiger charge is -2.33. The fourth-order valence-corrected chi connectivity index (χ4v) is 6.68. The zero-order valence-electron chi connectivity index (χ0n) is 19.8. The Hall–Kier alpha value is -2.15. The lowest BCUT2D eigenvalue weighted by Crippen LogP contribution is -2.26. The number of carbonyl (C=O) groups excluding carboxylic acids is 1. The van der Waals surface area contributed by atoms with Crippen LogP contribution in [0.5, 0.6) is 0 Å². The highest BCUT2D eigenvalue weighted by atomic mass is 79.9. The van der Waals surface area contributed by atoms with Crippen LogP contribution in [0.3, 0.4) is 0 Å². The Bertz CT molecular complexity index is 1230. The number of fused-ring (bicyclic) bond motifs is 1. The Morgan fingerprint density at radius 1 is 1.32 bits per heavy atom. The SMILES string of the molecule is CCn1c(SCC(=O)Nc2sc3c(c2C#N)CC[C@H](C(C)(C)C)C3)nnc1-c1ccc(Br)cc1. The van der Waals surface area contributed by atoms with Gasteiger partial charge in [-0.05, 0) is 55.2 Å². The van der Waals surface area contributed by atoms with Gasteiger partial charge in [0.25, 0.3) is 0 Å². The molecule has 34 heavy (non-hydrogen) atoms. The van der Waals surface area contributed by atoms with Crippen molar-refractivity contribution in [2.24, 2.45) is 11.3 Å². The van der Waals surface area contributed by atoms with Crippen molar-refractivity contribution < 1.29 is 4.79 Å². The minimum absolute atomic E-state index is 0.136. The Kier molecular flexibility index (Phi) is 7.51. The van der Waals surface area contributed by atoms with Crippen LogP contribution >= 0.6 is 39.0 Å². The molecule has 0 spiro atoms. The predicted molar refractivity (Wildman–Crippen MR) is 142 cm³/mol. The Morgan fingerprint density at radius 2 is 2.06 bits per heavy atom. The van der Waals surface area contributed by atoms with Crippen molar-refractivity contribution in [1.82, 2.24) is 14.8 Å². The third-order valence-electron chi connectivity index (χ3n) is 6.32. The molecule has 178 valence electrons. The molecule has 6 nitrogen and oxygen atoms in total. The highest BCUT2D eigenvalue weighted by molar-refractivity contribution is 9.10. The van der Waals surface area contributed by atoms with E-state index in [1.807, 2.05) is 35.8 Å². The first kappa shape index (κ1) is 25.0. The average molecular weight is 559 g/mol. The lowest BCUT2D eigenvalue weighted by atomic mass is 9.72. The second-order valence-electron chi connectivity index (χ2n) is 9.52. The van der Waals surface area contributed by atoms with Gasteiger partial charge in [-0.25, -0.2) is 0 Å². The summed E-state index contributed by atoms with van der Waals surface area (Å²) in [6.07, 6.45) is 2.96. The van der Waals surface area contributed by atoms with Gasteiger partial charge in [0.15, 0.2) is 11.0 Å². The van der Waals surface area contributed by atoms with Crippen LogP contribution < -0.4 is 5.32 Å². The van der Waals surface area contributed by atoms with Gasteiger partial charge in [0.05, 0.1) is 11.3 Å². The first-order valence-corrected chi connectivity index (χ1v) is 14.0. The monoisotopic (exact) mass is 557 g/mol. The molecule has 0 unspecified atom stereocenters. The van der Waals surface area contributed by atoms with Gasteiger partial charge in [0.2, 0.25) is 5.91 Å². The number of amides is 1. The molecule has 0 aliphatic heterocycles. The first-order chi connectivity index (χ1) is 16.2. The molecule has 1 N–H and O–H groups in total. The van der Waals surface area contributed by atoms with Crippen LogP contribution in [0.15, 0.2) is 33.9 Å². The number of hydrogen-bond acceptors (Lipinski definition) is 6. The summed E-state index contributed by atoms with van der Waals surface area (Å²) < 4.78 is 3.02. The van der Waals surface area contributed by atoms with E-state index in [-0.39, 0.29) is 17.1 Å². The zero-order valence-corrected chi connectivity index (χ0v) is 23.0. The summed E-state index contributed by atoms with van der Waals surface area (Å²) in [7, 11) is 0. The fourth-order valence-electron chi connectivity index (χ4n) is 4.32. The number of nitrogens with one attached hydrogen (secondary N) is 1. The summed E-state index contributed by atoms with van der Waals surface area (Å²) >= 11 is 6.38. The normalized spacial score (nSPS) is 15.6. The highest BCUT2D eigenvalue weighted by Crippen LogP contribution is 2.44. The minimum Gasteiger partial charge on any atom is -0.316 e. The summed E-state index contributed by atoms with van der Waals surface area (Å²) in [4.78, 5) is 14.1. The quantitative estimate of drug-likeness (QED) is 0.347. The molecule has 9 heteroatoms. The van der Waals surface area contributed by atoms with Crippen LogP contribution in [-0.2, 0) is 24.2 Å². The van der Waals surface area contributed by atoms with Gasteiger partial charge in [-0.15, -0.1) is 21.5 Å². The predicted octanol–water partition coefficient (Wildman–Crippen LogP) is 6.54. The van der Waals surface area contributed by atoms with Gasteiger partial charge in [0.1, 0.15) is 11.1 Å². The number of benzene rings is 1. The molecular weight excluding hydrogens is 530 g/mol. The number of thioether (sulfide) groups is 1. The van der Waals surface area contributed by atoms with Gasteiger partial charge in [0, 0.05) is 21.5 Å². The van der Waals surface area contributed by atoms with Crippen LogP contribution in [-0.4, -0.2) is 26.4 Å². The lowest BCUT2D eigenvalue weighted by molar-refractivity contribution is -0.113. The van der Waals surface area contributed by atoms with Crippen molar-refractivity contribution in [3.63, 3.8) is 0 Å². The van der Waals surface area contributed by atoms with Gasteiger partial charge >= 0.3 is 0 Å². The molecule has 4 rings (SSSR count). The molecule has 2 heterocycles. The number of anilines is 1. The number of rotatable bonds is 6. The van der Waals surface area contributed by atoms with E-state index in [0.717, 1.165) is 40.7 Å². The van der Waals surface area contributed by atoms with E-state index in [0.29, 0.717) is 28.2 Å². The first-order valence-electron chi connectivity index (χ1n) is 11.4. The molecule has 0 fully saturated rings. The van der Waals surface area contributed by atoms with Crippen molar-refractivity contribution in [3.8, 4) is 17.5 Å². The fraction of sp³-hybridized carbons (Fsp3) is 0.440. The van der Waals surface area contributed by atoms with Crippen molar-refractivity contribution in [2.45, 2.75) is 58.7 Å². The van der Waals surface area contributed by atoms with Gasteiger partial charge in [-0.3, -0.25) is 4.79 Å². The molecule has 3 aromatic rings. The Balaban J connectivity index is 1.45. The molecule has 1 aliphatic carbocycles. The molecule has 0 saturated carbocycles. The number of nitrogens with zero attached hydrogens (tertiary/aromatic N) is 4. The number of carbonyl (C=O) groups is 1. The summed E-state index contributed by atoms with van der Waals surface area (Å²) in [6.45, 7) is 9.57. The number of nitriles is 1. The van der Waals surface area contributed by atoms with E-state index >= 15 is 0 Å². The summed E-state index contributed by atoms with van der Waals surface area (Å²) in [5.74, 6) is 1.44. The second-order valence-corrected chi connectivity index (χ2v) is 12.5. The number of aromatic nitrogens is 3. The molecule has 1 aromatic carbocycles. The maximum absolute atomic E-state index is 12.8. The van der Waals surface area contributed by atoms with Gasteiger partial charge in [-0.1, -0.05) is 60.6 Å². The molecule has 1 amide bonds. The van der Waals surface area contributed by atoms with Gasteiger partial charge in [-0.2, -0.15) is 5.26 Å². The Morgan fingerprint density at radius 3 is 2.71 bits per heavy atom. The summed E-state index contributed by atoms with van der Waals surface area (Å²) in [5, 5.41) is 22.8. The molecule has 0 bridgehead atoms. The molecule has 0 radical (unpaired) electrons. The van der Waals surface area contributed by atoms with Crippen LogP contribution in [0.25, 0.3) is 11.4 Å². The van der Waals surface area contributed by atoms with E-state index in [4.69, 9.17) is 0 Å². The van der Waals surface area contributed by atoms with Crippen LogP contribution in [0.1, 0.15) is 50.1 Å². The maximum atomic E-state index is 12.8. The summed E-state index contributed by atoms with van der Waals surface area (Å²) in [6, 6.07) is 10.3. The standard InChI is InChI=1S/C25H28BrN5OS2/c1-5-31-22(15-6-9-17(26)10-7-15)29-30-24(31)33-14-21(32)28-23-19(13-27)18-11-8-16(25(2,3)4)12-20(18)34-23/h6-7,9-10,16H,5,8,11-12,14H2,1-4H3,(H,28,32)/t16-/m0/s1. The molecule has 2 aromatic heterocycles. The molecule has 0 saturated heterocycles. The zero-order chi connectivity index (χ0) is 24.5. The Labute approximate surface area is 217 Å². The van der Waals surface area contributed by atoms with Crippen LogP contribution in [0.4, 0.5) is 5.00 Å². The van der Waals surface area contributed by atoms with Crippen molar-refractivity contribution in [2.75, 3.05) is 11.1 Å². The molecule has 1 atom stereocenters. The largest absolute Gasteiger partial charge is 0.316 e. The van der Waals surface area contributed by atoms with E-state index < -0.39 is 0 Å². The number of hydrogen-bond donors (Lipinski definition) is 1. The highest BCUT2D eigenvalue weighted by Gasteiger charge is 2.32. The maximum Gasteiger partial charge on any atom is 0.235 e. The number of halogens is 1. The van der Waals surface area contributed by atoms with E-state index in [1.54, 1.807) is 11.3 Å². The topological polar surface area (TPSA) is 83.6 Å². The smallest absolute Gasteiger partial charge is 0.235 e. The summed E-state index contributed by atoms with van der Waals surface area (Å²) in [5.41, 5.74) is 2.98. The number of thiophene rings is 1. The van der Waals surface area contributed by atoms with E-state index in [1.165, 1.54) is 16.6 Å². The van der Waals surface area contributed by atoms with Crippen LogP contribution in [0.2, 0.25) is 0 Å². The second kappa shape index (κ2) is 10.2. The van der Waals surface area contributed by atoms with E-state index in [2.05, 4.69) is 58.3 Å². The van der Waals surface area contributed by atoms with E-state index in [9.17, 15) is 10.1 Å².